The molecule has 1 aliphatic heterocycles. The topological polar surface area (TPSA) is 93.5 Å². The molecule has 2 heterocycles. The number of benzene rings is 1. The number of nitrogens with one attached hydrogen (secondary N) is 1. The number of nitrogens with zero attached hydrogens (tertiary/aromatic N) is 3. The molecule has 0 spiro atoms. The van der Waals surface area contributed by atoms with E-state index in [4.69, 9.17) is 4.74 Å². The zero-order valence-electron chi connectivity index (χ0n) is 15.0. The van der Waals surface area contributed by atoms with Crippen LogP contribution in [-0.2, 0) is 27.9 Å². The van der Waals surface area contributed by atoms with Crippen LogP contribution in [0.1, 0.15) is 25.2 Å². The molecule has 2 aromatic rings. The summed E-state index contributed by atoms with van der Waals surface area (Å²) in [6.07, 6.45) is 0. The van der Waals surface area contributed by atoms with Gasteiger partial charge in [-0.1, -0.05) is 0 Å². The van der Waals surface area contributed by atoms with Gasteiger partial charge in [0, 0.05) is 13.1 Å². The van der Waals surface area contributed by atoms with E-state index in [0.29, 0.717) is 24.5 Å². The van der Waals surface area contributed by atoms with Crippen molar-refractivity contribution in [2.45, 2.75) is 38.8 Å². The first kappa shape index (κ1) is 18.4. The van der Waals surface area contributed by atoms with Gasteiger partial charge in [-0.05, 0) is 45.0 Å². The number of amides is 1. The maximum Gasteiger partial charge on any atom is 0.265 e. The van der Waals surface area contributed by atoms with Crippen LogP contribution in [0.2, 0.25) is 0 Å². The van der Waals surface area contributed by atoms with E-state index in [-0.39, 0.29) is 24.0 Å². The Balaban J connectivity index is 1.86. The van der Waals surface area contributed by atoms with E-state index in [1.165, 1.54) is 17.0 Å². The summed E-state index contributed by atoms with van der Waals surface area (Å²) < 4.78 is 35.1. The number of ether oxygens (including phenoxy) is 1. The fraction of sp³-hybridized carbons (Fsp3) is 0.412. The predicted molar refractivity (Wildman–Crippen MR) is 96.6 cm³/mol. The largest absolute Gasteiger partial charge is 0.482 e. The molecule has 0 radical (unpaired) electrons. The van der Waals surface area contributed by atoms with Crippen LogP contribution >= 0.6 is 0 Å². The molecule has 0 saturated heterocycles. The predicted octanol–water partition coefficient (Wildman–Crippen LogP) is 1.44. The van der Waals surface area contributed by atoms with Crippen molar-refractivity contribution in [2.24, 2.45) is 0 Å². The zero-order chi connectivity index (χ0) is 18.9. The number of anilines is 1. The Bertz CT molecular complexity index is 936. The highest BCUT2D eigenvalue weighted by atomic mass is 32.2. The maximum atomic E-state index is 12.7. The molecule has 140 valence electrons. The number of carbonyl (C=O) groups is 1. The van der Waals surface area contributed by atoms with Gasteiger partial charge in [-0.3, -0.25) is 9.48 Å². The summed E-state index contributed by atoms with van der Waals surface area (Å²) >= 11 is 0. The van der Waals surface area contributed by atoms with Crippen LogP contribution in [0.25, 0.3) is 0 Å². The van der Waals surface area contributed by atoms with Gasteiger partial charge in [0.2, 0.25) is 10.0 Å². The van der Waals surface area contributed by atoms with E-state index >= 15 is 0 Å². The van der Waals surface area contributed by atoms with E-state index < -0.39 is 10.0 Å². The SMILES string of the molecule is CCN1C(=O)COc2ccc(S(=O)(=O)NCc3cc(C)nn3CC)cc21. The van der Waals surface area contributed by atoms with Crippen molar-refractivity contribution in [3.63, 3.8) is 0 Å². The molecule has 1 N–H and O–H groups in total. The van der Waals surface area contributed by atoms with Crippen LogP contribution < -0.4 is 14.4 Å². The number of sulfonamides is 1. The molecule has 0 bridgehead atoms. The van der Waals surface area contributed by atoms with Crippen LogP contribution in [0.15, 0.2) is 29.2 Å². The summed E-state index contributed by atoms with van der Waals surface area (Å²) in [5.74, 6) is 0.315. The van der Waals surface area contributed by atoms with Crippen molar-refractivity contribution in [3.05, 3.63) is 35.7 Å². The van der Waals surface area contributed by atoms with Crippen molar-refractivity contribution in [1.29, 1.82) is 0 Å². The highest BCUT2D eigenvalue weighted by Gasteiger charge is 2.26. The summed E-state index contributed by atoms with van der Waals surface area (Å²) in [4.78, 5) is 13.6. The van der Waals surface area contributed by atoms with Crippen molar-refractivity contribution >= 4 is 21.6 Å². The van der Waals surface area contributed by atoms with E-state index in [0.717, 1.165) is 11.4 Å². The molecule has 8 nitrogen and oxygen atoms in total. The smallest absolute Gasteiger partial charge is 0.265 e. The van der Waals surface area contributed by atoms with Crippen molar-refractivity contribution < 1.29 is 17.9 Å². The first-order valence-electron chi connectivity index (χ1n) is 8.46. The second kappa shape index (κ2) is 7.08. The number of carbonyl (C=O) groups excluding carboxylic acids is 1. The number of aromatic nitrogens is 2. The fourth-order valence-corrected chi connectivity index (χ4v) is 3.98. The van der Waals surface area contributed by atoms with Gasteiger partial charge in [0.25, 0.3) is 5.91 Å². The van der Waals surface area contributed by atoms with Gasteiger partial charge in [0.1, 0.15) is 5.75 Å². The van der Waals surface area contributed by atoms with Crippen LogP contribution in [0.5, 0.6) is 5.75 Å². The summed E-state index contributed by atoms with van der Waals surface area (Å²) in [5.41, 5.74) is 2.10. The number of fused-ring (bicyclic) bond motifs is 1. The lowest BCUT2D eigenvalue weighted by Crippen LogP contribution is -2.38. The molecule has 1 aromatic heterocycles. The molecule has 0 unspecified atom stereocenters. The third-order valence-corrected chi connectivity index (χ3v) is 5.63. The highest BCUT2D eigenvalue weighted by molar-refractivity contribution is 7.89. The van der Waals surface area contributed by atoms with Crippen LogP contribution in [0.3, 0.4) is 0 Å². The van der Waals surface area contributed by atoms with Crippen molar-refractivity contribution in [3.8, 4) is 5.75 Å². The second-order valence-corrected chi connectivity index (χ2v) is 7.74. The van der Waals surface area contributed by atoms with Crippen molar-refractivity contribution in [1.82, 2.24) is 14.5 Å². The Morgan fingerprint density at radius 2 is 2.00 bits per heavy atom. The Labute approximate surface area is 152 Å². The average Bonchev–Trinajstić information content (AvgIpc) is 2.99. The lowest BCUT2D eigenvalue weighted by Gasteiger charge is -2.28. The molecule has 1 amide bonds. The van der Waals surface area contributed by atoms with Gasteiger partial charge in [0.05, 0.1) is 28.5 Å². The first-order chi connectivity index (χ1) is 12.4. The number of hydrogen-bond acceptors (Lipinski definition) is 5. The summed E-state index contributed by atoms with van der Waals surface area (Å²) in [6.45, 7) is 6.86. The second-order valence-electron chi connectivity index (χ2n) is 5.97. The minimum Gasteiger partial charge on any atom is -0.482 e. The third kappa shape index (κ3) is 3.45. The molecule has 0 fully saturated rings. The normalized spacial score (nSPS) is 14.3. The zero-order valence-corrected chi connectivity index (χ0v) is 15.8. The maximum absolute atomic E-state index is 12.7. The third-order valence-electron chi connectivity index (χ3n) is 4.23. The van der Waals surface area contributed by atoms with Gasteiger partial charge in [-0.15, -0.1) is 0 Å². The van der Waals surface area contributed by atoms with E-state index in [1.807, 2.05) is 26.8 Å². The number of rotatable bonds is 6. The van der Waals surface area contributed by atoms with Gasteiger partial charge < -0.3 is 9.64 Å². The summed E-state index contributed by atoms with van der Waals surface area (Å²) in [7, 11) is -3.74. The monoisotopic (exact) mass is 378 g/mol. The number of aryl methyl sites for hydroxylation is 2. The first-order valence-corrected chi connectivity index (χ1v) is 9.94. The molecule has 1 aromatic carbocycles. The molecule has 26 heavy (non-hydrogen) atoms. The minimum atomic E-state index is -3.74. The van der Waals surface area contributed by atoms with E-state index in [2.05, 4.69) is 9.82 Å². The van der Waals surface area contributed by atoms with Gasteiger partial charge in [0.15, 0.2) is 6.61 Å². The summed E-state index contributed by atoms with van der Waals surface area (Å²) in [6, 6.07) is 6.39. The lowest BCUT2D eigenvalue weighted by atomic mass is 10.2. The fourth-order valence-electron chi connectivity index (χ4n) is 2.96. The molecular weight excluding hydrogens is 356 g/mol. The quantitative estimate of drug-likeness (QED) is 0.821. The van der Waals surface area contributed by atoms with Crippen LogP contribution in [-0.4, -0.2) is 37.3 Å². The highest BCUT2D eigenvalue weighted by Crippen LogP contribution is 2.34. The van der Waals surface area contributed by atoms with E-state index in [9.17, 15) is 13.2 Å². The standard InChI is InChI=1S/C17H22N4O4S/c1-4-20-15-9-14(6-7-16(15)25-11-17(20)22)26(23,24)18-10-13-8-12(3)19-21(13)5-2/h6-9,18H,4-5,10-11H2,1-3H3. The average molecular weight is 378 g/mol. The van der Waals surface area contributed by atoms with Crippen LogP contribution in [0.4, 0.5) is 5.69 Å². The summed E-state index contributed by atoms with van der Waals surface area (Å²) in [5, 5.41) is 4.31. The molecule has 0 aliphatic carbocycles. The Morgan fingerprint density at radius 1 is 1.23 bits per heavy atom. The Hall–Kier alpha value is -2.39. The van der Waals surface area contributed by atoms with Crippen molar-refractivity contribution in [2.75, 3.05) is 18.1 Å². The molecule has 1 aliphatic rings. The molecule has 3 rings (SSSR count). The van der Waals surface area contributed by atoms with Gasteiger partial charge in [-0.2, -0.15) is 5.10 Å². The van der Waals surface area contributed by atoms with E-state index in [1.54, 1.807) is 10.7 Å². The van der Waals surface area contributed by atoms with Gasteiger partial charge >= 0.3 is 0 Å². The number of hydrogen-bond donors (Lipinski definition) is 1. The Morgan fingerprint density at radius 3 is 2.69 bits per heavy atom. The van der Waals surface area contributed by atoms with Crippen LogP contribution in [0, 0.1) is 6.92 Å². The molecular formula is C17H22N4O4S. The minimum absolute atomic E-state index is 0.0362. The molecule has 0 atom stereocenters. The van der Waals surface area contributed by atoms with Gasteiger partial charge in [-0.25, -0.2) is 13.1 Å². The molecule has 9 heteroatoms. The molecule has 0 saturated carbocycles. The lowest BCUT2D eigenvalue weighted by molar-refractivity contribution is -0.121. The Kier molecular flexibility index (Phi) is 5.01. The number of likely N-dealkylation sites (N-methyl/N-ethyl adjacent to an activating group) is 1.